The van der Waals surface area contributed by atoms with E-state index in [-0.39, 0.29) is 37.4 Å². The van der Waals surface area contributed by atoms with Gasteiger partial charge in [0.25, 0.3) is 0 Å². The summed E-state index contributed by atoms with van der Waals surface area (Å²) in [4.78, 5) is 54.6. The number of para-hydroxylation sites is 1. The highest BCUT2D eigenvalue weighted by molar-refractivity contribution is 6.01. The van der Waals surface area contributed by atoms with E-state index >= 15 is 0 Å². The summed E-state index contributed by atoms with van der Waals surface area (Å²) >= 11 is 0. The second-order valence-corrected chi connectivity index (χ2v) is 14.2. The van der Waals surface area contributed by atoms with Crippen LogP contribution < -0.4 is 15.5 Å². The predicted octanol–water partition coefficient (Wildman–Crippen LogP) is 7.37. The van der Waals surface area contributed by atoms with Crippen molar-refractivity contribution < 1.29 is 28.7 Å². The summed E-state index contributed by atoms with van der Waals surface area (Å²) in [5.74, 6) is -0.953. The fraction of sp³-hybridized carbons (Fsp3) is 0.317. The first-order chi connectivity index (χ1) is 23.8. The number of benzene rings is 4. The first-order valence-corrected chi connectivity index (χ1v) is 16.9. The summed E-state index contributed by atoms with van der Waals surface area (Å²) in [6.45, 7) is 9.40. The fourth-order valence-electron chi connectivity index (χ4n) is 5.96. The first kappa shape index (κ1) is 35.9. The highest BCUT2D eigenvalue weighted by Crippen LogP contribution is 2.30. The molecule has 1 aliphatic heterocycles. The summed E-state index contributed by atoms with van der Waals surface area (Å²) < 4.78 is 11.0. The van der Waals surface area contributed by atoms with Crippen molar-refractivity contribution in [2.75, 3.05) is 4.90 Å². The summed E-state index contributed by atoms with van der Waals surface area (Å²) in [6.07, 6.45) is 0.372. The standard InChI is InChI=1S/C41H45N3O6/c1-40(2,3)50-38(47)33-17-11-10-16-32(33)30-21-19-28(20-22-30)26-44-35-18-12-9-15-31(35)23-24-34(37(44)46)42-36(45)25-41(4,5)43-39(48)49-27-29-13-7-6-8-14-29/h6-22,34H,23-27H2,1-5H3,(H,42,45)(H,43,48). The maximum absolute atomic E-state index is 14.1. The molecular weight excluding hydrogens is 630 g/mol. The second-order valence-electron chi connectivity index (χ2n) is 14.2. The number of hydrogen-bond donors (Lipinski definition) is 2. The summed E-state index contributed by atoms with van der Waals surface area (Å²) in [5.41, 5.74) is 4.11. The summed E-state index contributed by atoms with van der Waals surface area (Å²) in [5, 5.41) is 5.71. The van der Waals surface area contributed by atoms with Gasteiger partial charge in [-0.1, -0.05) is 91.0 Å². The van der Waals surface area contributed by atoms with Crippen molar-refractivity contribution in [1.29, 1.82) is 0 Å². The number of fused-ring (bicyclic) bond motifs is 1. The molecule has 0 saturated carbocycles. The number of carbonyl (C=O) groups is 4. The SMILES string of the molecule is CC(C)(CC(=O)NC1CCc2ccccc2N(Cc2ccc(-c3ccccc3C(=O)OC(C)(C)C)cc2)C1=O)NC(=O)OCc1ccccc1. The number of alkyl carbamates (subject to hydrolysis) is 1. The molecular formula is C41H45N3O6. The molecule has 1 atom stereocenters. The Morgan fingerprint density at radius 1 is 0.800 bits per heavy atom. The molecule has 50 heavy (non-hydrogen) atoms. The topological polar surface area (TPSA) is 114 Å². The van der Waals surface area contributed by atoms with Crippen LogP contribution in [0.4, 0.5) is 10.5 Å². The Hall–Kier alpha value is -5.44. The van der Waals surface area contributed by atoms with Crippen LogP contribution in [0.2, 0.25) is 0 Å². The van der Waals surface area contributed by atoms with E-state index in [2.05, 4.69) is 10.6 Å². The average Bonchev–Trinajstić information content (AvgIpc) is 3.19. The van der Waals surface area contributed by atoms with Crippen LogP contribution in [0, 0.1) is 0 Å². The molecule has 1 heterocycles. The van der Waals surface area contributed by atoms with Gasteiger partial charge in [0.05, 0.1) is 12.1 Å². The quantitative estimate of drug-likeness (QED) is 0.170. The van der Waals surface area contributed by atoms with Crippen molar-refractivity contribution >= 4 is 29.6 Å². The Balaban J connectivity index is 1.27. The molecule has 5 rings (SSSR count). The van der Waals surface area contributed by atoms with Crippen molar-refractivity contribution in [2.24, 2.45) is 0 Å². The highest BCUT2D eigenvalue weighted by Gasteiger charge is 2.33. The highest BCUT2D eigenvalue weighted by atomic mass is 16.6. The molecule has 2 N–H and O–H groups in total. The Bertz CT molecular complexity index is 1830. The molecule has 0 aliphatic carbocycles. The van der Waals surface area contributed by atoms with Gasteiger partial charge in [0.2, 0.25) is 11.8 Å². The van der Waals surface area contributed by atoms with Crippen LogP contribution in [-0.4, -0.2) is 41.1 Å². The predicted molar refractivity (Wildman–Crippen MR) is 193 cm³/mol. The molecule has 260 valence electrons. The van der Waals surface area contributed by atoms with Gasteiger partial charge in [-0.2, -0.15) is 0 Å². The minimum Gasteiger partial charge on any atom is -0.456 e. The summed E-state index contributed by atoms with van der Waals surface area (Å²) in [6, 6.07) is 31.5. The molecule has 1 unspecified atom stereocenters. The third-order valence-electron chi connectivity index (χ3n) is 8.29. The zero-order valence-corrected chi connectivity index (χ0v) is 29.3. The average molecular weight is 676 g/mol. The zero-order chi connectivity index (χ0) is 35.9. The molecule has 1 aliphatic rings. The molecule has 4 aromatic rings. The van der Waals surface area contributed by atoms with Crippen molar-refractivity contribution in [3.63, 3.8) is 0 Å². The van der Waals surface area contributed by atoms with Crippen LogP contribution in [0.5, 0.6) is 0 Å². The zero-order valence-electron chi connectivity index (χ0n) is 29.3. The van der Waals surface area contributed by atoms with Crippen LogP contribution in [0.3, 0.4) is 0 Å². The summed E-state index contributed by atoms with van der Waals surface area (Å²) in [7, 11) is 0. The van der Waals surface area contributed by atoms with Crippen molar-refractivity contribution in [3.8, 4) is 11.1 Å². The van der Waals surface area contributed by atoms with Gasteiger partial charge in [-0.3, -0.25) is 9.59 Å². The van der Waals surface area contributed by atoms with Crippen molar-refractivity contribution in [1.82, 2.24) is 10.6 Å². The minimum atomic E-state index is -0.919. The van der Waals surface area contributed by atoms with Crippen LogP contribution in [0.15, 0.2) is 103 Å². The molecule has 0 fully saturated rings. The van der Waals surface area contributed by atoms with Gasteiger partial charge in [0.15, 0.2) is 0 Å². The molecule has 3 amide bonds. The van der Waals surface area contributed by atoms with Gasteiger partial charge in [-0.05, 0) is 87.4 Å². The monoisotopic (exact) mass is 675 g/mol. The van der Waals surface area contributed by atoms with E-state index in [4.69, 9.17) is 9.47 Å². The van der Waals surface area contributed by atoms with E-state index in [1.165, 1.54) is 0 Å². The number of esters is 1. The van der Waals surface area contributed by atoms with Crippen LogP contribution in [-0.2, 0) is 38.6 Å². The Morgan fingerprint density at radius 3 is 2.18 bits per heavy atom. The molecule has 9 heteroatoms. The maximum atomic E-state index is 14.1. The number of amides is 3. The molecule has 0 bridgehead atoms. The van der Waals surface area contributed by atoms with Crippen molar-refractivity contribution in [2.45, 2.75) is 84.2 Å². The molecule has 0 radical (unpaired) electrons. The number of nitrogens with one attached hydrogen (secondary N) is 2. The Labute approximate surface area is 294 Å². The molecule has 9 nitrogen and oxygen atoms in total. The van der Waals surface area contributed by atoms with Gasteiger partial charge in [0.1, 0.15) is 18.2 Å². The van der Waals surface area contributed by atoms with Gasteiger partial charge in [0, 0.05) is 17.6 Å². The van der Waals surface area contributed by atoms with E-state index in [0.717, 1.165) is 33.5 Å². The van der Waals surface area contributed by atoms with E-state index in [1.807, 2.05) is 118 Å². The van der Waals surface area contributed by atoms with Gasteiger partial charge < -0.3 is 25.0 Å². The molecule has 0 saturated heterocycles. The lowest BCUT2D eigenvalue weighted by molar-refractivity contribution is -0.128. The van der Waals surface area contributed by atoms with Gasteiger partial charge in [-0.15, -0.1) is 0 Å². The number of rotatable bonds is 10. The number of hydrogen-bond acceptors (Lipinski definition) is 6. The Morgan fingerprint density at radius 2 is 1.46 bits per heavy atom. The number of ether oxygens (including phenoxy) is 2. The lowest BCUT2D eigenvalue weighted by Gasteiger charge is -2.28. The van der Waals surface area contributed by atoms with Gasteiger partial charge in [-0.25, -0.2) is 9.59 Å². The van der Waals surface area contributed by atoms with E-state index < -0.39 is 23.3 Å². The largest absolute Gasteiger partial charge is 0.456 e. The number of aryl methyl sites for hydroxylation is 1. The smallest absolute Gasteiger partial charge is 0.407 e. The van der Waals surface area contributed by atoms with Crippen LogP contribution >= 0.6 is 0 Å². The third-order valence-corrected chi connectivity index (χ3v) is 8.29. The van der Waals surface area contributed by atoms with Crippen LogP contribution in [0.25, 0.3) is 11.1 Å². The Kier molecular flexibility index (Phi) is 11.0. The lowest BCUT2D eigenvalue weighted by Crippen LogP contribution is -2.51. The number of carbonyl (C=O) groups excluding carboxylic acids is 4. The molecule has 0 aromatic heterocycles. The maximum Gasteiger partial charge on any atom is 0.407 e. The van der Waals surface area contributed by atoms with E-state index in [9.17, 15) is 19.2 Å². The third kappa shape index (κ3) is 9.59. The second kappa shape index (κ2) is 15.4. The first-order valence-electron chi connectivity index (χ1n) is 16.9. The van der Waals surface area contributed by atoms with E-state index in [0.29, 0.717) is 18.4 Å². The van der Waals surface area contributed by atoms with Crippen molar-refractivity contribution in [3.05, 3.63) is 125 Å². The normalized spacial score (nSPS) is 14.6. The number of anilines is 1. The van der Waals surface area contributed by atoms with Crippen LogP contribution in [0.1, 0.15) is 74.5 Å². The number of nitrogens with zero attached hydrogens (tertiary/aromatic N) is 1. The molecule has 0 spiro atoms. The van der Waals surface area contributed by atoms with E-state index in [1.54, 1.807) is 24.8 Å². The minimum absolute atomic E-state index is 0.0452. The molecule has 4 aromatic carbocycles. The lowest BCUT2D eigenvalue weighted by atomic mass is 9.98. The fourth-order valence-corrected chi connectivity index (χ4v) is 5.96. The van der Waals surface area contributed by atoms with Gasteiger partial charge >= 0.3 is 12.1 Å².